The molecule has 1 heterocycles. The van der Waals surface area contributed by atoms with E-state index >= 15 is 0 Å². The van der Waals surface area contributed by atoms with Crippen molar-refractivity contribution in [2.75, 3.05) is 4.57 Å². The van der Waals surface area contributed by atoms with Crippen LogP contribution in [-0.2, 0) is 0 Å². The fourth-order valence-corrected chi connectivity index (χ4v) is 4.96. The molecule has 0 N–H and O–H groups in total. The van der Waals surface area contributed by atoms with Gasteiger partial charge in [0.1, 0.15) is 8.24 Å². The van der Waals surface area contributed by atoms with Crippen molar-refractivity contribution in [2.45, 2.75) is 51.9 Å². The number of anilines is 1. The van der Waals surface area contributed by atoms with Crippen molar-refractivity contribution in [1.29, 1.82) is 0 Å². The lowest BCUT2D eigenvalue weighted by atomic mass is 10.0. The summed E-state index contributed by atoms with van der Waals surface area (Å²) < 4.78 is 2.72. The lowest BCUT2D eigenvalue weighted by Crippen LogP contribution is -2.52. The van der Waals surface area contributed by atoms with Crippen molar-refractivity contribution in [3.8, 4) is 0 Å². The average Bonchev–Trinajstić information content (AvgIpc) is 2.34. The third kappa shape index (κ3) is 2.69. The van der Waals surface area contributed by atoms with Crippen LogP contribution in [0, 0.1) is 0 Å². The van der Waals surface area contributed by atoms with Gasteiger partial charge in [-0.15, -0.1) is 0 Å². The molecular weight excluding hydrogens is 234 g/mol. The van der Waals surface area contributed by atoms with Gasteiger partial charge in [0, 0.05) is 11.7 Å². The maximum absolute atomic E-state index is 2.72. The largest absolute Gasteiger partial charge is 0.391 e. The van der Waals surface area contributed by atoms with Gasteiger partial charge in [-0.1, -0.05) is 69.8 Å². The first kappa shape index (κ1) is 13.4. The number of para-hydroxylation sites is 1. The molecule has 0 saturated heterocycles. The second-order valence-corrected chi connectivity index (χ2v) is 11.0. The topological polar surface area (TPSA) is 3.24 Å². The third-order valence-electron chi connectivity index (χ3n) is 3.60. The van der Waals surface area contributed by atoms with E-state index in [-0.39, 0.29) is 0 Å². The Hall–Kier alpha value is -1.02. The zero-order chi connectivity index (χ0) is 13.2. The fourth-order valence-electron chi connectivity index (χ4n) is 2.82. The molecule has 0 saturated carbocycles. The molecule has 2 rings (SSSR count). The summed E-state index contributed by atoms with van der Waals surface area (Å²) in [5.74, 6) is 0. The highest BCUT2D eigenvalue weighted by Crippen LogP contribution is 2.34. The molecule has 0 radical (unpaired) electrons. The molecule has 1 aromatic rings. The van der Waals surface area contributed by atoms with Gasteiger partial charge in [-0.2, -0.15) is 0 Å². The number of fused-ring (bicyclic) bond motifs is 1. The van der Waals surface area contributed by atoms with Crippen LogP contribution in [-0.4, -0.2) is 14.3 Å². The van der Waals surface area contributed by atoms with E-state index in [0.29, 0.717) is 6.04 Å². The van der Waals surface area contributed by atoms with E-state index in [1.165, 1.54) is 30.5 Å². The molecule has 0 aliphatic carbocycles. The van der Waals surface area contributed by atoms with Gasteiger partial charge in [0.25, 0.3) is 0 Å². The second-order valence-electron chi connectivity index (χ2n) is 6.17. The minimum absolute atomic E-state index is 0.603. The fraction of sp³-hybridized carbons (Fsp3) is 0.500. The molecular formula is C16H25NSi. The molecule has 1 unspecified atom stereocenters. The molecule has 1 aromatic carbocycles. The zero-order valence-electron chi connectivity index (χ0n) is 12.1. The second kappa shape index (κ2) is 5.31. The molecule has 0 fully saturated rings. The molecule has 98 valence electrons. The summed E-state index contributed by atoms with van der Waals surface area (Å²) >= 11 is 0. The number of rotatable bonds is 4. The summed E-state index contributed by atoms with van der Waals surface area (Å²) in [7, 11) is -1.34. The summed E-state index contributed by atoms with van der Waals surface area (Å²) in [6.45, 7) is 9.62. The van der Waals surface area contributed by atoms with Crippen molar-refractivity contribution in [3.05, 3.63) is 35.9 Å². The molecule has 1 nitrogen and oxygen atoms in total. The van der Waals surface area contributed by atoms with Crippen molar-refractivity contribution in [1.82, 2.24) is 0 Å². The summed E-state index contributed by atoms with van der Waals surface area (Å²) in [6.07, 6.45) is 8.61. The molecule has 0 amide bonds. The molecule has 1 aliphatic heterocycles. The SMILES string of the molecule is CCCCC1C=Cc2ccccc2N1[Si](C)(C)C. The van der Waals surface area contributed by atoms with Gasteiger partial charge < -0.3 is 4.57 Å². The van der Waals surface area contributed by atoms with Gasteiger partial charge in [0.05, 0.1) is 0 Å². The zero-order valence-corrected chi connectivity index (χ0v) is 13.1. The molecule has 0 spiro atoms. The van der Waals surface area contributed by atoms with Crippen LogP contribution in [0.25, 0.3) is 6.08 Å². The molecule has 18 heavy (non-hydrogen) atoms. The quantitative estimate of drug-likeness (QED) is 0.694. The summed E-state index contributed by atoms with van der Waals surface area (Å²) in [5.41, 5.74) is 2.83. The van der Waals surface area contributed by atoms with Crippen molar-refractivity contribution < 1.29 is 0 Å². The summed E-state index contributed by atoms with van der Waals surface area (Å²) in [6, 6.07) is 9.43. The molecule has 1 aliphatic rings. The monoisotopic (exact) mass is 259 g/mol. The Kier molecular flexibility index (Phi) is 3.96. The predicted octanol–water partition coefficient (Wildman–Crippen LogP) is 4.91. The van der Waals surface area contributed by atoms with Crippen LogP contribution in [0.15, 0.2) is 30.3 Å². The van der Waals surface area contributed by atoms with Crippen LogP contribution >= 0.6 is 0 Å². The Balaban J connectivity index is 2.36. The van der Waals surface area contributed by atoms with E-state index in [9.17, 15) is 0 Å². The first-order chi connectivity index (χ1) is 8.54. The third-order valence-corrected chi connectivity index (χ3v) is 5.62. The van der Waals surface area contributed by atoms with Crippen LogP contribution in [0.3, 0.4) is 0 Å². The Morgan fingerprint density at radius 2 is 1.89 bits per heavy atom. The molecule has 2 heteroatoms. The van der Waals surface area contributed by atoms with Gasteiger partial charge in [0.2, 0.25) is 0 Å². The maximum atomic E-state index is 2.72. The predicted molar refractivity (Wildman–Crippen MR) is 84.6 cm³/mol. The Morgan fingerprint density at radius 1 is 1.17 bits per heavy atom. The number of hydrogen-bond acceptors (Lipinski definition) is 1. The highest BCUT2D eigenvalue weighted by Gasteiger charge is 2.32. The molecule has 0 aromatic heterocycles. The number of benzene rings is 1. The lowest BCUT2D eigenvalue weighted by molar-refractivity contribution is 0.648. The smallest absolute Gasteiger partial charge is 0.148 e. The van der Waals surface area contributed by atoms with E-state index in [1.807, 2.05) is 0 Å². The average molecular weight is 259 g/mol. The first-order valence-electron chi connectivity index (χ1n) is 7.10. The Bertz CT molecular complexity index is 431. The highest BCUT2D eigenvalue weighted by atomic mass is 28.3. The number of nitrogens with zero attached hydrogens (tertiary/aromatic N) is 1. The van der Waals surface area contributed by atoms with E-state index < -0.39 is 8.24 Å². The highest BCUT2D eigenvalue weighted by molar-refractivity contribution is 6.80. The molecule has 0 bridgehead atoms. The Labute approximate surface area is 113 Å². The van der Waals surface area contributed by atoms with Gasteiger partial charge in [-0.25, -0.2) is 0 Å². The van der Waals surface area contributed by atoms with Gasteiger partial charge in [0.15, 0.2) is 0 Å². The van der Waals surface area contributed by atoms with Crippen molar-refractivity contribution in [3.63, 3.8) is 0 Å². The number of hydrogen-bond donors (Lipinski definition) is 0. The normalized spacial score (nSPS) is 18.9. The van der Waals surface area contributed by atoms with E-state index in [4.69, 9.17) is 0 Å². The summed E-state index contributed by atoms with van der Waals surface area (Å²) in [5, 5.41) is 0. The van der Waals surface area contributed by atoms with Crippen LogP contribution in [0.4, 0.5) is 5.69 Å². The van der Waals surface area contributed by atoms with E-state index in [2.05, 4.69) is 67.5 Å². The summed E-state index contributed by atoms with van der Waals surface area (Å²) in [4.78, 5) is 0. The Morgan fingerprint density at radius 3 is 2.56 bits per heavy atom. The van der Waals surface area contributed by atoms with Gasteiger partial charge in [-0.05, 0) is 18.1 Å². The molecule has 1 atom stereocenters. The van der Waals surface area contributed by atoms with Crippen LogP contribution in [0.5, 0.6) is 0 Å². The van der Waals surface area contributed by atoms with Gasteiger partial charge in [-0.3, -0.25) is 0 Å². The van der Waals surface area contributed by atoms with E-state index in [1.54, 1.807) is 0 Å². The maximum Gasteiger partial charge on any atom is 0.148 e. The van der Waals surface area contributed by atoms with E-state index in [0.717, 1.165) is 0 Å². The lowest BCUT2D eigenvalue weighted by Gasteiger charge is -2.44. The van der Waals surface area contributed by atoms with Crippen LogP contribution < -0.4 is 4.57 Å². The first-order valence-corrected chi connectivity index (χ1v) is 10.6. The van der Waals surface area contributed by atoms with Crippen molar-refractivity contribution >= 4 is 20.0 Å². The number of unbranched alkanes of at least 4 members (excludes halogenated alkanes) is 1. The van der Waals surface area contributed by atoms with Crippen LogP contribution in [0.1, 0.15) is 31.7 Å². The van der Waals surface area contributed by atoms with Crippen LogP contribution in [0.2, 0.25) is 19.6 Å². The standard InChI is InChI=1S/C16H25NSi/c1-5-6-10-15-13-12-14-9-7-8-11-16(14)17(15)18(2,3)4/h7-9,11-13,15H,5-6,10H2,1-4H3. The van der Waals surface area contributed by atoms with Crippen molar-refractivity contribution in [2.24, 2.45) is 0 Å². The minimum Gasteiger partial charge on any atom is -0.391 e. The van der Waals surface area contributed by atoms with Gasteiger partial charge >= 0.3 is 0 Å². The minimum atomic E-state index is -1.34.